The van der Waals surface area contributed by atoms with Crippen molar-refractivity contribution < 1.29 is 0 Å². The second-order valence-corrected chi connectivity index (χ2v) is 3.02. The smallest absolute Gasteiger partial charge is 0.145 e. The lowest BCUT2D eigenvalue weighted by Crippen LogP contribution is -1.87. The summed E-state index contributed by atoms with van der Waals surface area (Å²) in [5.74, 6) is 0. The van der Waals surface area contributed by atoms with Gasteiger partial charge in [0.15, 0.2) is 0 Å². The summed E-state index contributed by atoms with van der Waals surface area (Å²) < 4.78 is 0. The average molecular weight is 180 g/mol. The van der Waals surface area contributed by atoms with Gasteiger partial charge in [-0.1, -0.05) is 31.2 Å². The maximum Gasteiger partial charge on any atom is 0.145 e. The van der Waals surface area contributed by atoms with Crippen LogP contribution in [-0.4, -0.2) is 0 Å². The zero-order chi connectivity index (χ0) is 8.97. The van der Waals surface area contributed by atoms with E-state index in [-0.39, 0.29) is 0 Å². The van der Waals surface area contributed by atoms with Crippen molar-refractivity contribution in [1.82, 2.24) is 0 Å². The number of aryl methyl sites for hydroxylation is 1. The third-order valence-corrected chi connectivity index (χ3v) is 2.14. The number of nitrogens with zero attached hydrogens (tertiary/aromatic N) is 1. The molecule has 1 rings (SSSR count). The van der Waals surface area contributed by atoms with Gasteiger partial charge >= 0.3 is 0 Å². The van der Waals surface area contributed by atoms with Gasteiger partial charge in [-0.2, -0.15) is 5.26 Å². The molecule has 0 saturated heterocycles. The minimum atomic E-state index is -0.518. The Morgan fingerprint density at radius 3 is 2.42 bits per heavy atom. The molecular formula is C10H10ClN. The molecule has 0 bridgehead atoms. The van der Waals surface area contributed by atoms with E-state index in [9.17, 15) is 0 Å². The van der Waals surface area contributed by atoms with Gasteiger partial charge < -0.3 is 0 Å². The van der Waals surface area contributed by atoms with Crippen LogP contribution in [0.5, 0.6) is 0 Å². The van der Waals surface area contributed by atoms with Gasteiger partial charge in [0.1, 0.15) is 5.38 Å². The number of alkyl halides is 1. The molecule has 1 atom stereocenters. The molecule has 12 heavy (non-hydrogen) atoms. The first-order valence-electron chi connectivity index (χ1n) is 3.90. The van der Waals surface area contributed by atoms with E-state index < -0.39 is 5.38 Å². The third-order valence-electron chi connectivity index (χ3n) is 1.79. The van der Waals surface area contributed by atoms with E-state index in [4.69, 9.17) is 16.9 Å². The number of hydrogen-bond donors (Lipinski definition) is 0. The van der Waals surface area contributed by atoms with Crippen LogP contribution < -0.4 is 0 Å². The molecule has 0 aromatic heterocycles. The number of benzene rings is 1. The topological polar surface area (TPSA) is 23.8 Å². The average Bonchev–Trinajstić information content (AvgIpc) is 2.17. The van der Waals surface area contributed by atoms with Gasteiger partial charge in [0, 0.05) is 0 Å². The minimum Gasteiger partial charge on any atom is -0.196 e. The maximum absolute atomic E-state index is 8.53. The first-order chi connectivity index (χ1) is 5.77. The maximum atomic E-state index is 8.53. The summed E-state index contributed by atoms with van der Waals surface area (Å²) in [5.41, 5.74) is 2.14. The van der Waals surface area contributed by atoms with Crippen LogP contribution in [0.25, 0.3) is 0 Å². The Bertz CT molecular complexity index is 284. The number of rotatable bonds is 2. The fourth-order valence-corrected chi connectivity index (χ4v) is 1.14. The molecule has 1 nitrogen and oxygen atoms in total. The summed E-state index contributed by atoms with van der Waals surface area (Å²) >= 11 is 5.73. The lowest BCUT2D eigenvalue weighted by molar-refractivity contribution is 1.12. The number of nitriles is 1. The first kappa shape index (κ1) is 9.09. The van der Waals surface area contributed by atoms with Gasteiger partial charge in [0.25, 0.3) is 0 Å². The van der Waals surface area contributed by atoms with Crippen LogP contribution in [0, 0.1) is 11.3 Å². The molecule has 0 unspecified atom stereocenters. The highest BCUT2D eigenvalue weighted by Crippen LogP contribution is 2.19. The highest BCUT2D eigenvalue weighted by molar-refractivity contribution is 6.22. The predicted octanol–water partition coefficient (Wildman–Crippen LogP) is 3.05. The second-order valence-electron chi connectivity index (χ2n) is 2.59. The number of hydrogen-bond acceptors (Lipinski definition) is 1. The lowest BCUT2D eigenvalue weighted by atomic mass is 10.1. The molecule has 2 heteroatoms. The fraction of sp³-hybridized carbons (Fsp3) is 0.300. The molecule has 62 valence electrons. The Labute approximate surface area is 77.6 Å². The van der Waals surface area contributed by atoms with Crippen molar-refractivity contribution in [3.63, 3.8) is 0 Å². The molecule has 0 fully saturated rings. The van der Waals surface area contributed by atoms with Gasteiger partial charge in [-0.05, 0) is 17.5 Å². The van der Waals surface area contributed by atoms with Crippen LogP contribution in [0.3, 0.4) is 0 Å². The quantitative estimate of drug-likeness (QED) is 0.641. The highest BCUT2D eigenvalue weighted by atomic mass is 35.5. The van der Waals surface area contributed by atoms with Crippen molar-refractivity contribution in [3.8, 4) is 6.07 Å². The highest BCUT2D eigenvalue weighted by Gasteiger charge is 2.04. The molecule has 0 aliphatic heterocycles. The fourth-order valence-electron chi connectivity index (χ4n) is 0.997. The van der Waals surface area contributed by atoms with E-state index >= 15 is 0 Å². The van der Waals surface area contributed by atoms with Gasteiger partial charge in [0.05, 0.1) is 6.07 Å². The van der Waals surface area contributed by atoms with Gasteiger partial charge in [-0.3, -0.25) is 0 Å². The molecule has 0 aliphatic carbocycles. The molecule has 0 radical (unpaired) electrons. The Morgan fingerprint density at radius 2 is 2.00 bits per heavy atom. The monoisotopic (exact) mass is 179 g/mol. The van der Waals surface area contributed by atoms with E-state index in [1.54, 1.807) is 0 Å². The van der Waals surface area contributed by atoms with Gasteiger partial charge in [-0.15, -0.1) is 11.6 Å². The molecule has 0 aliphatic rings. The van der Waals surface area contributed by atoms with Gasteiger partial charge in [-0.25, -0.2) is 0 Å². The van der Waals surface area contributed by atoms with Crippen LogP contribution in [0.1, 0.15) is 23.4 Å². The van der Waals surface area contributed by atoms with E-state index in [2.05, 4.69) is 6.92 Å². The SMILES string of the molecule is CCc1ccc([C@H](Cl)C#N)cc1. The second kappa shape index (κ2) is 4.13. The van der Waals surface area contributed by atoms with E-state index in [1.165, 1.54) is 5.56 Å². The van der Waals surface area contributed by atoms with Gasteiger partial charge in [0.2, 0.25) is 0 Å². The van der Waals surface area contributed by atoms with E-state index in [0.717, 1.165) is 12.0 Å². The molecular weight excluding hydrogens is 170 g/mol. The lowest BCUT2D eigenvalue weighted by Gasteiger charge is -2.01. The third kappa shape index (κ3) is 1.99. The molecule has 0 saturated carbocycles. The van der Waals surface area contributed by atoms with E-state index in [1.807, 2.05) is 30.3 Å². The molecule has 1 aromatic rings. The molecule has 0 heterocycles. The van der Waals surface area contributed by atoms with Crippen molar-refractivity contribution in [2.45, 2.75) is 18.7 Å². The predicted molar refractivity (Wildman–Crippen MR) is 50.0 cm³/mol. The normalized spacial score (nSPS) is 12.1. The summed E-state index contributed by atoms with van der Waals surface area (Å²) in [5, 5.41) is 8.02. The Morgan fingerprint density at radius 1 is 1.42 bits per heavy atom. The summed E-state index contributed by atoms with van der Waals surface area (Å²) in [6, 6.07) is 9.79. The van der Waals surface area contributed by atoms with Crippen molar-refractivity contribution in [2.75, 3.05) is 0 Å². The standard InChI is InChI=1S/C10H10ClN/c1-2-8-3-5-9(6-4-8)10(11)7-12/h3-6,10H,2H2,1H3/t10-/m1/s1. The Balaban J connectivity index is 2.86. The van der Waals surface area contributed by atoms with Crippen molar-refractivity contribution in [1.29, 1.82) is 5.26 Å². The van der Waals surface area contributed by atoms with Crippen LogP contribution in [0.15, 0.2) is 24.3 Å². The Kier molecular flexibility index (Phi) is 3.13. The largest absolute Gasteiger partial charge is 0.196 e. The van der Waals surface area contributed by atoms with Crippen molar-refractivity contribution in [2.24, 2.45) is 0 Å². The summed E-state index contributed by atoms with van der Waals surface area (Å²) in [4.78, 5) is 0. The molecule has 1 aromatic carbocycles. The summed E-state index contributed by atoms with van der Waals surface area (Å²) in [7, 11) is 0. The number of halogens is 1. The van der Waals surface area contributed by atoms with Crippen LogP contribution in [-0.2, 0) is 6.42 Å². The molecule has 0 N–H and O–H groups in total. The zero-order valence-electron chi connectivity index (χ0n) is 6.92. The minimum absolute atomic E-state index is 0.518. The van der Waals surface area contributed by atoms with Crippen LogP contribution in [0.4, 0.5) is 0 Å². The zero-order valence-corrected chi connectivity index (χ0v) is 7.67. The molecule has 0 spiro atoms. The summed E-state index contributed by atoms with van der Waals surface area (Å²) in [6.07, 6.45) is 1.01. The Hall–Kier alpha value is -1.00. The molecule has 0 amide bonds. The van der Waals surface area contributed by atoms with E-state index in [0.29, 0.717) is 0 Å². The van der Waals surface area contributed by atoms with Crippen LogP contribution >= 0.6 is 11.6 Å². The van der Waals surface area contributed by atoms with Crippen LogP contribution in [0.2, 0.25) is 0 Å². The first-order valence-corrected chi connectivity index (χ1v) is 4.34. The van der Waals surface area contributed by atoms with Crippen molar-refractivity contribution >= 4 is 11.6 Å². The summed E-state index contributed by atoms with van der Waals surface area (Å²) in [6.45, 7) is 2.09. The van der Waals surface area contributed by atoms with Crippen molar-refractivity contribution in [3.05, 3.63) is 35.4 Å².